The molecule has 186 valence electrons. The molecule has 1 aliphatic rings. The van der Waals surface area contributed by atoms with Crippen LogP contribution < -0.4 is 10.5 Å². The Morgan fingerprint density at radius 1 is 1.19 bits per heavy atom. The fourth-order valence-electron chi connectivity index (χ4n) is 4.15. The number of nitrogens with zero attached hydrogens (tertiary/aromatic N) is 4. The summed E-state index contributed by atoms with van der Waals surface area (Å²) in [4.78, 5) is 26.7. The first kappa shape index (κ1) is 23.7. The Bertz CT molecular complexity index is 1450. The Morgan fingerprint density at radius 2 is 1.97 bits per heavy atom. The molecule has 4 heterocycles. The van der Waals surface area contributed by atoms with Crippen LogP contribution in [-0.4, -0.2) is 51.1 Å². The summed E-state index contributed by atoms with van der Waals surface area (Å²) in [5.41, 5.74) is 4.12. The number of methoxy groups -OCH3 is 1. The molecule has 0 bridgehead atoms. The van der Waals surface area contributed by atoms with Crippen molar-refractivity contribution in [3.63, 3.8) is 0 Å². The number of pyridine rings is 2. The molecule has 0 aliphatic carbocycles. The van der Waals surface area contributed by atoms with Gasteiger partial charge in [-0.3, -0.25) is 9.78 Å². The molecule has 1 amide bonds. The van der Waals surface area contributed by atoms with Crippen molar-refractivity contribution in [2.75, 3.05) is 20.2 Å². The predicted octanol–water partition coefficient (Wildman–Crippen LogP) is 3.11. The van der Waals surface area contributed by atoms with Gasteiger partial charge < -0.3 is 24.9 Å². The number of aliphatic hydroxyl groups is 1. The molecular formula is C24H20F3N5O4. The minimum absolute atomic E-state index is 0.00462. The van der Waals surface area contributed by atoms with Crippen LogP contribution in [0.1, 0.15) is 27.6 Å². The highest BCUT2D eigenvalue weighted by atomic mass is 19.4. The Balaban J connectivity index is 1.49. The van der Waals surface area contributed by atoms with Crippen molar-refractivity contribution < 1.29 is 32.2 Å². The maximum atomic E-state index is 13.2. The lowest BCUT2D eigenvalue weighted by Gasteiger charge is -2.45. The van der Waals surface area contributed by atoms with Gasteiger partial charge in [-0.1, -0.05) is 6.07 Å². The van der Waals surface area contributed by atoms with Crippen molar-refractivity contribution in [1.82, 2.24) is 19.9 Å². The third kappa shape index (κ3) is 3.93. The molecule has 1 fully saturated rings. The maximum Gasteiger partial charge on any atom is 0.433 e. The quantitative estimate of drug-likeness (QED) is 0.429. The number of aromatic nitrogens is 3. The van der Waals surface area contributed by atoms with Crippen LogP contribution in [-0.2, 0) is 18.3 Å². The average molecular weight is 499 g/mol. The molecule has 0 saturated carbocycles. The van der Waals surface area contributed by atoms with E-state index >= 15 is 0 Å². The zero-order chi connectivity index (χ0) is 25.7. The fraction of sp³-hybridized carbons (Fsp3) is 0.250. The summed E-state index contributed by atoms with van der Waals surface area (Å²) in [6, 6.07) is 10.2. The van der Waals surface area contributed by atoms with Crippen molar-refractivity contribution in [3.8, 4) is 17.2 Å². The molecule has 0 unspecified atom stereocenters. The van der Waals surface area contributed by atoms with Crippen LogP contribution in [0.15, 0.2) is 53.1 Å². The number of β-amino-alcohol motifs (C(OH)–C–C–N with tert-alkyl or cyclic N) is 1. The summed E-state index contributed by atoms with van der Waals surface area (Å²) < 4.78 is 50.6. The smallest absolute Gasteiger partial charge is 0.433 e. The third-order valence-corrected chi connectivity index (χ3v) is 5.98. The average Bonchev–Trinajstić information content (AvgIpc) is 3.29. The topological polar surface area (TPSA) is 128 Å². The maximum absolute atomic E-state index is 13.2. The molecule has 0 atom stereocenters. The van der Waals surface area contributed by atoms with Gasteiger partial charge in [0.1, 0.15) is 22.6 Å². The van der Waals surface area contributed by atoms with Gasteiger partial charge in [-0.25, -0.2) is 9.97 Å². The number of amides is 1. The highest BCUT2D eigenvalue weighted by Gasteiger charge is 2.47. The van der Waals surface area contributed by atoms with E-state index in [1.54, 1.807) is 30.5 Å². The van der Waals surface area contributed by atoms with Gasteiger partial charge in [0, 0.05) is 17.1 Å². The number of carbonyl (C=O) groups excluding carboxylic acids is 1. The SMILES string of the molecule is COc1ccc(-c2nc(C(=O)N3CC(O)(c4ccccn4)C3)c(CN)o2)c2ccc(C(F)(F)F)nc12. The summed E-state index contributed by atoms with van der Waals surface area (Å²) in [6.07, 6.45) is -3.08. The zero-order valence-corrected chi connectivity index (χ0v) is 18.9. The van der Waals surface area contributed by atoms with E-state index < -0.39 is 23.4 Å². The van der Waals surface area contributed by atoms with Crippen LogP contribution in [0.4, 0.5) is 13.2 Å². The summed E-state index contributed by atoms with van der Waals surface area (Å²) in [6.45, 7) is -0.133. The summed E-state index contributed by atoms with van der Waals surface area (Å²) >= 11 is 0. The lowest BCUT2D eigenvalue weighted by Crippen LogP contribution is -2.61. The van der Waals surface area contributed by atoms with Crippen LogP contribution >= 0.6 is 0 Å². The van der Waals surface area contributed by atoms with Gasteiger partial charge in [-0.15, -0.1) is 0 Å². The summed E-state index contributed by atoms with van der Waals surface area (Å²) in [5.74, 6) is -0.266. The summed E-state index contributed by atoms with van der Waals surface area (Å²) in [7, 11) is 1.32. The first-order chi connectivity index (χ1) is 17.1. The number of carbonyl (C=O) groups is 1. The van der Waals surface area contributed by atoms with Gasteiger partial charge in [0.25, 0.3) is 5.91 Å². The standard InChI is InChI=1S/C24H20F3N5O4/c1-35-15-7-5-14(13-6-8-18(24(25,26)27)30-19(13)15)21-31-20(16(10-28)36-21)22(33)32-11-23(34,12-32)17-4-2-3-9-29-17/h2-9,34H,10-12,28H2,1H3. The lowest BCUT2D eigenvalue weighted by atomic mass is 9.89. The van der Waals surface area contributed by atoms with Crippen LogP contribution in [0.2, 0.25) is 0 Å². The van der Waals surface area contributed by atoms with Crippen LogP contribution in [0, 0.1) is 0 Å². The van der Waals surface area contributed by atoms with Crippen LogP contribution in [0.5, 0.6) is 5.75 Å². The van der Waals surface area contributed by atoms with Gasteiger partial charge in [0.2, 0.25) is 5.89 Å². The number of halogens is 3. The Morgan fingerprint density at radius 3 is 2.61 bits per heavy atom. The number of oxazole rings is 1. The number of likely N-dealkylation sites (tertiary alicyclic amines) is 1. The number of nitrogens with two attached hydrogens (primary N) is 1. The first-order valence-corrected chi connectivity index (χ1v) is 10.8. The van der Waals surface area contributed by atoms with Gasteiger partial charge in [-0.2, -0.15) is 13.2 Å². The van der Waals surface area contributed by atoms with E-state index in [1.807, 2.05) is 0 Å². The van der Waals surface area contributed by atoms with Crippen molar-refractivity contribution in [2.45, 2.75) is 18.3 Å². The molecule has 5 rings (SSSR count). The molecule has 0 radical (unpaired) electrons. The molecule has 36 heavy (non-hydrogen) atoms. The van der Waals surface area contributed by atoms with E-state index in [0.717, 1.165) is 6.07 Å². The Hall–Kier alpha value is -4.03. The number of hydrogen-bond acceptors (Lipinski definition) is 8. The number of rotatable bonds is 5. The molecule has 1 aromatic carbocycles. The zero-order valence-electron chi connectivity index (χ0n) is 18.9. The second-order valence-corrected chi connectivity index (χ2v) is 8.31. The summed E-state index contributed by atoms with van der Waals surface area (Å²) in [5, 5.41) is 11.1. The van der Waals surface area contributed by atoms with Crippen molar-refractivity contribution in [3.05, 3.63) is 71.5 Å². The van der Waals surface area contributed by atoms with Crippen molar-refractivity contribution in [2.24, 2.45) is 5.73 Å². The van der Waals surface area contributed by atoms with Gasteiger partial charge in [0.15, 0.2) is 11.5 Å². The largest absolute Gasteiger partial charge is 0.494 e. The third-order valence-electron chi connectivity index (χ3n) is 5.98. The highest BCUT2D eigenvalue weighted by Crippen LogP contribution is 2.38. The van der Waals surface area contributed by atoms with E-state index in [1.165, 1.54) is 24.1 Å². The van der Waals surface area contributed by atoms with Crippen molar-refractivity contribution in [1.29, 1.82) is 0 Å². The Labute approximate surface area is 202 Å². The normalized spacial score (nSPS) is 15.1. The molecule has 1 aliphatic heterocycles. The van der Waals surface area contributed by atoms with Crippen LogP contribution in [0.25, 0.3) is 22.4 Å². The molecule has 3 aromatic heterocycles. The van der Waals surface area contributed by atoms with Gasteiger partial charge >= 0.3 is 6.18 Å². The van der Waals surface area contributed by atoms with E-state index in [4.69, 9.17) is 14.9 Å². The van der Waals surface area contributed by atoms with E-state index in [9.17, 15) is 23.1 Å². The first-order valence-electron chi connectivity index (χ1n) is 10.8. The number of benzene rings is 1. The molecule has 0 spiro atoms. The second-order valence-electron chi connectivity index (χ2n) is 8.31. The molecule has 9 nitrogen and oxygen atoms in total. The van der Waals surface area contributed by atoms with Crippen LogP contribution in [0.3, 0.4) is 0 Å². The fourth-order valence-corrected chi connectivity index (χ4v) is 4.15. The lowest BCUT2D eigenvalue weighted by molar-refractivity contribution is -0.140. The number of alkyl halides is 3. The highest BCUT2D eigenvalue weighted by molar-refractivity contribution is 5.98. The van der Waals surface area contributed by atoms with Crippen molar-refractivity contribution >= 4 is 16.8 Å². The van der Waals surface area contributed by atoms with E-state index in [2.05, 4.69) is 15.0 Å². The number of ether oxygens (including phenoxy) is 1. The minimum atomic E-state index is -4.64. The predicted molar refractivity (Wildman–Crippen MR) is 121 cm³/mol. The molecule has 1 saturated heterocycles. The monoisotopic (exact) mass is 499 g/mol. The van der Waals surface area contributed by atoms with E-state index in [-0.39, 0.29) is 48.2 Å². The number of fused-ring (bicyclic) bond motifs is 1. The number of hydrogen-bond donors (Lipinski definition) is 2. The molecule has 12 heteroatoms. The van der Waals surface area contributed by atoms with Gasteiger partial charge in [0.05, 0.1) is 32.4 Å². The molecule has 3 N–H and O–H groups in total. The van der Waals surface area contributed by atoms with E-state index in [0.29, 0.717) is 16.6 Å². The second kappa shape index (κ2) is 8.57. The molecular weight excluding hydrogens is 479 g/mol. The minimum Gasteiger partial charge on any atom is -0.494 e. The molecule has 4 aromatic rings. The Kier molecular flexibility index (Phi) is 5.64. The van der Waals surface area contributed by atoms with Gasteiger partial charge in [-0.05, 0) is 36.4 Å².